The number of para-hydroxylation sites is 2. The second-order valence-corrected chi connectivity index (χ2v) is 13.2. The Labute approximate surface area is 322 Å². The van der Waals surface area contributed by atoms with Crippen molar-refractivity contribution in [2.24, 2.45) is 0 Å². The minimum atomic E-state index is 0.105. The summed E-state index contributed by atoms with van der Waals surface area (Å²) < 4.78 is 18.3. The van der Waals surface area contributed by atoms with Gasteiger partial charge < -0.3 is 4.90 Å². The van der Waals surface area contributed by atoms with Crippen LogP contribution in [0.1, 0.15) is 47.6 Å². The third kappa shape index (κ3) is 7.92. The van der Waals surface area contributed by atoms with E-state index in [0.29, 0.717) is 12.1 Å². The van der Waals surface area contributed by atoms with E-state index in [-0.39, 0.29) is 5.92 Å². The fourth-order valence-electron chi connectivity index (χ4n) is 7.01. The topological polar surface area (TPSA) is 3.24 Å². The van der Waals surface area contributed by atoms with E-state index in [1.165, 1.54) is 16.7 Å². The fraction of sp³-hybridized carbons (Fsp3) is 0.0189. The van der Waals surface area contributed by atoms with E-state index < -0.39 is 0 Å². The zero-order chi connectivity index (χ0) is 38.1. The van der Waals surface area contributed by atoms with Gasteiger partial charge in [-0.3, -0.25) is 0 Å². The van der Waals surface area contributed by atoms with Crippen molar-refractivity contribution >= 4 is 41.3 Å². The van der Waals surface area contributed by atoms with Gasteiger partial charge in [0.25, 0.3) is 0 Å². The van der Waals surface area contributed by atoms with E-state index in [1.807, 2.05) is 84.9 Å². The van der Waals surface area contributed by atoms with E-state index in [4.69, 9.17) is 2.74 Å². The Bertz CT molecular complexity index is 2300. The molecule has 0 aliphatic carbocycles. The van der Waals surface area contributed by atoms with Crippen LogP contribution in [-0.4, -0.2) is 0 Å². The molecule has 0 bridgehead atoms. The maximum Gasteiger partial charge on any atom is 0.0629 e. The van der Waals surface area contributed by atoms with Gasteiger partial charge in [-0.25, -0.2) is 0 Å². The molecule has 0 saturated heterocycles. The quantitative estimate of drug-likeness (QED) is 0.0963. The van der Waals surface area contributed by atoms with Crippen LogP contribution in [0, 0.1) is 0 Å². The minimum Gasteiger partial charge on any atom is -0.311 e. The standard InChI is InChI=1S/C53H41N/c1-5-19-45(20-6-1)53(46-21-7-2-8-22-46)47-37-31-41(32-38-47)29-35-43-17-13-15-27-51(43)52-28-16-14-18-44(52)36-30-42-33-39-50(40-34-42)54(48-23-9-3-10-24-48)49-25-11-4-12-26-49/h1-40,53H/i29D,30D. The first kappa shape index (κ1) is 31.7. The summed E-state index contributed by atoms with van der Waals surface area (Å²) in [6, 6.07) is 75.7. The number of rotatable bonds is 11. The lowest BCUT2D eigenvalue weighted by atomic mass is 9.85. The highest BCUT2D eigenvalue weighted by Gasteiger charge is 2.16. The SMILES string of the molecule is [2H]C(=Cc1ccccc1-c1ccccc1C=C([2H])c1ccc(N(c2ccccc2)c2ccccc2)cc1)c1ccc(C(c2ccccc2)c2ccccc2)cc1. The van der Waals surface area contributed by atoms with Crippen molar-refractivity contribution in [3.05, 3.63) is 257 Å². The van der Waals surface area contributed by atoms with Gasteiger partial charge in [0.15, 0.2) is 0 Å². The zero-order valence-electron chi connectivity index (χ0n) is 32.0. The molecule has 1 heteroatoms. The van der Waals surface area contributed by atoms with Crippen LogP contribution < -0.4 is 4.90 Å². The Hall–Kier alpha value is -6.96. The molecule has 0 fully saturated rings. The third-order valence-electron chi connectivity index (χ3n) is 9.66. The van der Waals surface area contributed by atoms with Crippen LogP contribution in [0.5, 0.6) is 0 Å². The molecule has 0 atom stereocenters. The summed E-state index contributed by atoms with van der Waals surface area (Å²) in [6.45, 7) is 0. The molecule has 258 valence electrons. The summed E-state index contributed by atoms with van der Waals surface area (Å²) >= 11 is 0. The van der Waals surface area contributed by atoms with Gasteiger partial charge in [0.2, 0.25) is 0 Å². The Balaban J connectivity index is 1.07. The third-order valence-corrected chi connectivity index (χ3v) is 9.66. The molecule has 54 heavy (non-hydrogen) atoms. The van der Waals surface area contributed by atoms with Crippen LogP contribution in [0.3, 0.4) is 0 Å². The minimum absolute atomic E-state index is 0.105. The van der Waals surface area contributed by atoms with Crippen LogP contribution in [0.25, 0.3) is 35.4 Å². The number of nitrogens with zero attached hydrogens (tertiary/aromatic N) is 1. The number of anilines is 3. The van der Waals surface area contributed by atoms with Crippen molar-refractivity contribution in [1.82, 2.24) is 0 Å². The summed E-state index contributed by atoms with van der Waals surface area (Å²) in [4.78, 5) is 2.22. The molecular weight excluding hydrogens is 651 g/mol. The summed E-state index contributed by atoms with van der Waals surface area (Å²) in [5.41, 5.74) is 12.4. The molecule has 0 unspecified atom stereocenters. The van der Waals surface area contributed by atoms with Gasteiger partial charge in [-0.05, 0) is 86.5 Å². The summed E-state index contributed by atoms with van der Waals surface area (Å²) in [5, 5.41) is 0. The Kier molecular flexibility index (Phi) is 9.75. The van der Waals surface area contributed by atoms with Gasteiger partial charge in [0.1, 0.15) is 0 Å². The highest BCUT2D eigenvalue weighted by molar-refractivity contribution is 5.87. The Morgan fingerprint density at radius 3 is 1.11 bits per heavy atom. The van der Waals surface area contributed by atoms with Crippen LogP contribution in [0.2, 0.25) is 0 Å². The van der Waals surface area contributed by atoms with E-state index in [0.717, 1.165) is 50.4 Å². The van der Waals surface area contributed by atoms with E-state index in [9.17, 15) is 0 Å². The molecule has 8 aromatic rings. The fourth-order valence-corrected chi connectivity index (χ4v) is 7.01. The van der Waals surface area contributed by atoms with Crippen molar-refractivity contribution in [3.63, 3.8) is 0 Å². The Morgan fingerprint density at radius 1 is 0.333 bits per heavy atom. The van der Waals surface area contributed by atoms with Gasteiger partial charge in [0, 0.05) is 23.0 Å². The lowest BCUT2D eigenvalue weighted by Crippen LogP contribution is -2.09. The first-order chi connectivity index (χ1) is 27.6. The van der Waals surface area contributed by atoms with Gasteiger partial charge in [0.05, 0.1) is 2.74 Å². The van der Waals surface area contributed by atoms with Crippen LogP contribution in [-0.2, 0) is 0 Å². The lowest BCUT2D eigenvalue weighted by molar-refractivity contribution is 0.977. The van der Waals surface area contributed by atoms with Crippen molar-refractivity contribution in [2.45, 2.75) is 5.92 Å². The van der Waals surface area contributed by atoms with Crippen LogP contribution in [0.4, 0.5) is 17.1 Å². The molecule has 0 saturated carbocycles. The van der Waals surface area contributed by atoms with Crippen LogP contribution >= 0.6 is 0 Å². The van der Waals surface area contributed by atoms with Gasteiger partial charge in [-0.15, -0.1) is 0 Å². The first-order valence-electron chi connectivity index (χ1n) is 19.4. The predicted molar refractivity (Wildman–Crippen MR) is 231 cm³/mol. The molecule has 1 nitrogen and oxygen atoms in total. The molecule has 0 radical (unpaired) electrons. The van der Waals surface area contributed by atoms with Gasteiger partial charge in [-0.1, -0.05) is 206 Å². The highest BCUT2D eigenvalue weighted by Crippen LogP contribution is 2.36. The molecule has 0 N–H and O–H groups in total. The number of hydrogen-bond acceptors (Lipinski definition) is 1. The normalized spacial score (nSPS) is 12.2. The smallest absolute Gasteiger partial charge is 0.0629 e. The van der Waals surface area contributed by atoms with Gasteiger partial charge >= 0.3 is 0 Å². The van der Waals surface area contributed by atoms with Crippen molar-refractivity contribution in [3.8, 4) is 11.1 Å². The molecule has 0 heterocycles. The van der Waals surface area contributed by atoms with Crippen LogP contribution in [0.15, 0.2) is 218 Å². The predicted octanol–water partition coefficient (Wildman–Crippen LogP) is 14.3. The summed E-state index contributed by atoms with van der Waals surface area (Å²) in [7, 11) is 0. The highest BCUT2D eigenvalue weighted by atomic mass is 15.1. The average Bonchev–Trinajstić information content (AvgIpc) is 3.26. The molecule has 0 spiro atoms. The second-order valence-electron chi connectivity index (χ2n) is 13.2. The maximum absolute atomic E-state index is 9.17. The summed E-state index contributed by atoms with van der Waals surface area (Å²) in [5.74, 6) is 0.105. The number of hydrogen-bond donors (Lipinski definition) is 0. The number of benzene rings is 8. The Morgan fingerprint density at radius 2 is 0.667 bits per heavy atom. The van der Waals surface area contributed by atoms with Gasteiger partial charge in [-0.2, -0.15) is 0 Å². The second kappa shape index (κ2) is 16.6. The average molecular weight is 694 g/mol. The largest absolute Gasteiger partial charge is 0.311 e. The molecule has 8 aromatic carbocycles. The first-order valence-corrected chi connectivity index (χ1v) is 18.4. The van der Waals surface area contributed by atoms with Crippen molar-refractivity contribution < 1.29 is 2.74 Å². The van der Waals surface area contributed by atoms with Crippen molar-refractivity contribution in [2.75, 3.05) is 4.90 Å². The molecule has 0 aliphatic heterocycles. The molecule has 0 aromatic heterocycles. The molecule has 0 amide bonds. The zero-order valence-corrected chi connectivity index (χ0v) is 30.0. The van der Waals surface area contributed by atoms with Crippen molar-refractivity contribution in [1.29, 1.82) is 0 Å². The monoisotopic (exact) mass is 693 g/mol. The maximum atomic E-state index is 9.17. The molecular formula is C53H41N. The van der Waals surface area contributed by atoms with E-state index in [1.54, 1.807) is 0 Å². The van der Waals surface area contributed by atoms with E-state index in [2.05, 4.69) is 150 Å². The van der Waals surface area contributed by atoms with E-state index >= 15 is 0 Å². The summed E-state index contributed by atoms with van der Waals surface area (Å²) in [6.07, 6.45) is 3.88. The lowest BCUT2D eigenvalue weighted by Gasteiger charge is -2.25. The molecule has 8 rings (SSSR count). The molecule has 0 aliphatic rings.